The van der Waals surface area contributed by atoms with Gasteiger partial charge < -0.3 is 20.3 Å². The molecule has 0 aliphatic carbocycles. The highest BCUT2D eigenvalue weighted by Gasteiger charge is 2.20. The van der Waals surface area contributed by atoms with E-state index in [0.717, 1.165) is 44.9 Å². The molecule has 6 heteroatoms. The van der Waals surface area contributed by atoms with E-state index in [0.29, 0.717) is 25.9 Å². The normalized spacial score (nSPS) is 12.5. The van der Waals surface area contributed by atoms with Crippen LogP contribution in [0, 0.1) is 0 Å². The summed E-state index contributed by atoms with van der Waals surface area (Å²) in [5, 5.41) is 23.5. The van der Waals surface area contributed by atoms with E-state index >= 15 is 0 Å². The van der Waals surface area contributed by atoms with Gasteiger partial charge in [0.25, 0.3) is 0 Å². The lowest BCUT2D eigenvalue weighted by Gasteiger charge is -2.22. The summed E-state index contributed by atoms with van der Waals surface area (Å²) in [7, 11) is 0. The summed E-state index contributed by atoms with van der Waals surface area (Å²) in [4.78, 5) is 24.7. The highest BCUT2D eigenvalue weighted by atomic mass is 16.5. The lowest BCUT2D eigenvalue weighted by atomic mass is 10.0. The minimum atomic E-state index is -0.666. The van der Waals surface area contributed by atoms with Crippen molar-refractivity contribution in [2.75, 3.05) is 13.2 Å². The van der Waals surface area contributed by atoms with Crippen LogP contribution in [0.4, 0.5) is 0 Å². The molecule has 6 nitrogen and oxygen atoms in total. The molecule has 88 heavy (non-hydrogen) atoms. The summed E-state index contributed by atoms with van der Waals surface area (Å²) in [5.74, 6) is -0.0148. The van der Waals surface area contributed by atoms with Crippen molar-refractivity contribution in [3.63, 3.8) is 0 Å². The number of allylic oxidation sites excluding steroid dienone is 4. The van der Waals surface area contributed by atoms with Crippen molar-refractivity contribution in [2.24, 2.45) is 0 Å². The molecule has 0 aromatic heterocycles. The minimum absolute atomic E-state index is 0.0142. The second-order valence-corrected chi connectivity index (χ2v) is 28.1. The molecule has 0 spiro atoms. The van der Waals surface area contributed by atoms with Crippen LogP contribution in [0.25, 0.3) is 0 Å². The third-order valence-corrected chi connectivity index (χ3v) is 19.2. The maximum Gasteiger partial charge on any atom is 0.305 e. The lowest BCUT2D eigenvalue weighted by Crippen LogP contribution is -2.45. The van der Waals surface area contributed by atoms with Crippen molar-refractivity contribution in [3.8, 4) is 0 Å². The lowest BCUT2D eigenvalue weighted by molar-refractivity contribution is -0.143. The maximum atomic E-state index is 12.6. The fourth-order valence-corrected chi connectivity index (χ4v) is 13.0. The van der Waals surface area contributed by atoms with E-state index in [1.807, 2.05) is 0 Å². The molecule has 0 aliphatic heterocycles. The largest absolute Gasteiger partial charge is 0.466 e. The number of carbonyl (C=O) groups excluding carboxylic acids is 2. The number of aliphatic hydroxyl groups excluding tert-OH is 2. The van der Waals surface area contributed by atoms with E-state index in [1.54, 1.807) is 0 Å². The quantitative estimate of drug-likeness (QED) is 0.0320. The Hall–Kier alpha value is -1.66. The van der Waals surface area contributed by atoms with Gasteiger partial charge in [-0.15, -0.1) is 0 Å². The molecule has 0 rings (SSSR count). The number of ether oxygens (including phenoxy) is 1. The molecule has 0 aromatic rings. The number of hydrogen-bond donors (Lipinski definition) is 3. The molecule has 0 heterocycles. The maximum absolute atomic E-state index is 12.6. The molecule has 0 aliphatic rings. The van der Waals surface area contributed by atoms with Crippen molar-refractivity contribution in [3.05, 3.63) is 24.3 Å². The number of aliphatic hydroxyl groups is 2. The summed E-state index contributed by atoms with van der Waals surface area (Å²) >= 11 is 0. The van der Waals surface area contributed by atoms with Crippen LogP contribution in [0.1, 0.15) is 463 Å². The number of hydrogen-bond acceptors (Lipinski definition) is 5. The van der Waals surface area contributed by atoms with Crippen molar-refractivity contribution in [1.82, 2.24) is 5.32 Å². The van der Waals surface area contributed by atoms with Gasteiger partial charge in [0, 0.05) is 12.8 Å². The van der Waals surface area contributed by atoms with E-state index in [9.17, 15) is 19.8 Å². The minimum Gasteiger partial charge on any atom is -0.466 e. The third-order valence-electron chi connectivity index (χ3n) is 19.2. The second kappa shape index (κ2) is 77.8. The van der Waals surface area contributed by atoms with Gasteiger partial charge in [-0.05, 0) is 77.0 Å². The van der Waals surface area contributed by atoms with Gasteiger partial charge in [-0.1, -0.05) is 398 Å². The zero-order valence-electron chi connectivity index (χ0n) is 60.0. The number of unbranched alkanes of at least 4 members (excludes halogenated alkanes) is 62. The molecular weight excluding hydrogens is 1080 g/mol. The van der Waals surface area contributed by atoms with Gasteiger partial charge in [0.15, 0.2) is 0 Å². The monoisotopic (exact) mass is 1240 g/mol. The topological polar surface area (TPSA) is 95.9 Å². The first-order valence-corrected chi connectivity index (χ1v) is 40.6. The molecular formula is C82H159NO5. The Balaban J connectivity index is 3.37. The molecule has 0 aromatic carbocycles. The fraction of sp³-hybridized carbons (Fsp3) is 0.927. The number of rotatable bonds is 77. The molecule has 0 fully saturated rings. The Morgan fingerprint density at radius 1 is 0.307 bits per heavy atom. The zero-order valence-corrected chi connectivity index (χ0v) is 60.0. The van der Waals surface area contributed by atoms with Crippen molar-refractivity contribution >= 4 is 11.9 Å². The van der Waals surface area contributed by atoms with E-state index in [2.05, 4.69) is 43.5 Å². The zero-order chi connectivity index (χ0) is 63.5. The molecule has 2 unspecified atom stereocenters. The number of carbonyl (C=O) groups is 2. The van der Waals surface area contributed by atoms with Crippen molar-refractivity contribution in [2.45, 2.75) is 475 Å². The van der Waals surface area contributed by atoms with E-state index in [1.165, 1.54) is 385 Å². The predicted octanol–water partition coefficient (Wildman–Crippen LogP) is 26.8. The Morgan fingerprint density at radius 2 is 0.534 bits per heavy atom. The molecule has 0 bridgehead atoms. The van der Waals surface area contributed by atoms with Crippen LogP contribution in [-0.2, 0) is 14.3 Å². The van der Waals surface area contributed by atoms with Gasteiger partial charge in [0.1, 0.15) is 0 Å². The van der Waals surface area contributed by atoms with Crippen LogP contribution in [-0.4, -0.2) is 47.4 Å². The molecule has 522 valence electrons. The molecule has 0 saturated heterocycles. The number of amides is 1. The second-order valence-electron chi connectivity index (χ2n) is 28.1. The Morgan fingerprint density at radius 3 is 0.807 bits per heavy atom. The van der Waals surface area contributed by atoms with Crippen LogP contribution >= 0.6 is 0 Å². The Labute approximate surface area is 551 Å². The predicted molar refractivity (Wildman–Crippen MR) is 389 cm³/mol. The Kier molecular flexibility index (Phi) is 76.3. The fourth-order valence-electron chi connectivity index (χ4n) is 13.0. The molecule has 0 radical (unpaired) electrons. The summed E-state index contributed by atoms with van der Waals surface area (Å²) < 4.78 is 5.51. The average molecular weight is 1240 g/mol. The standard InChI is InChI=1S/C82H159NO5/c1-3-5-7-9-11-13-15-17-19-21-23-24-25-30-33-36-39-42-46-50-54-58-62-66-70-74-80(85)79(78-84)83-81(86)75-71-67-63-59-55-51-47-43-40-37-34-31-28-26-27-29-32-35-38-41-45-49-53-57-61-65-69-73-77-88-82(87)76-72-68-64-60-56-52-48-44-22-20-18-16-14-12-10-8-6-4-2/h20,22,26-27,79-80,84-85H,3-19,21,23-25,28-78H2,1-2H3,(H,83,86)/b22-20-,27-26-. The first-order valence-electron chi connectivity index (χ1n) is 40.6. The molecule has 3 N–H and O–H groups in total. The third kappa shape index (κ3) is 73.4. The summed E-state index contributed by atoms with van der Waals surface area (Å²) in [6.45, 7) is 5.00. The van der Waals surface area contributed by atoms with Gasteiger partial charge >= 0.3 is 5.97 Å². The van der Waals surface area contributed by atoms with Crippen molar-refractivity contribution in [1.29, 1.82) is 0 Å². The van der Waals surface area contributed by atoms with Crippen LogP contribution < -0.4 is 5.32 Å². The average Bonchev–Trinajstić information content (AvgIpc) is 3.58. The first-order chi connectivity index (χ1) is 43.5. The van der Waals surface area contributed by atoms with Crippen LogP contribution in [0.5, 0.6) is 0 Å². The van der Waals surface area contributed by atoms with Gasteiger partial charge in [-0.2, -0.15) is 0 Å². The number of esters is 1. The van der Waals surface area contributed by atoms with Gasteiger partial charge in [-0.3, -0.25) is 9.59 Å². The molecule has 2 atom stereocenters. The Bertz CT molecular complexity index is 1380. The number of nitrogens with one attached hydrogen (secondary N) is 1. The van der Waals surface area contributed by atoms with Crippen molar-refractivity contribution < 1.29 is 24.5 Å². The molecule has 0 saturated carbocycles. The highest BCUT2D eigenvalue weighted by Crippen LogP contribution is 2.20. The van der Waals surface area contributed by atoms with E-state index in [-0.39, 0.29) is 18.5 Å². The van der Waals surface area contributed by atoms with Gasteiger partial charge in [-0.25, -0.2) is 0 Å². The summed E-state index contributed by atoms with van der Waals surface area (Å²) in [6.07, 6.45) is 99.8. The van der Waals surface area contributed by atoms with Crippen LogP contribution in [0.3, 0.4) is 0 Å². The summed E-state index contributed by atoms with van der Waals surface area (Å²) in [6, 6.07) is -0.543. The van der Waals surface area contributed by atoms with Crippen LogP contribution in [0.15, 0.2) is 24.3 Å². The molecule has 1 amide bonds. The van der Waals surface area contributed by atoms with Gasteiger partial charge in [0.2, 0.25) is 5.91 Å². The smallest absolute Gasteiger partial charge is 0.305 e. The van der Waals surface area contributed by atoms with E-state index in [4.69, 9.17) is 4.74 Å². The van der Waals surface area contributed by atoms with E-state index < -0.39 is 12.1 Å². The summed E-state index contributed by atoms with van der Waals surface area (Å²) in [5.41, 5.74) is 0. The van der Waals surface area contributed by atoms with Gasteiger partial charge in [0.05, 0.1) is 25.4 Å². The SMILES string of the molecule is CCCCCCCCC/C=C\CCCCCCCCCC(=O)OCCCCCCCCCCCCCC/C=C\CCCCCCCCCCCCCCC(=O)NC(CO)C(O)CCCCCCCCCCCCCCCCCCCCCCCCCCC. The first kappa shape index (κ1) is 86.3. The van der Waals surface area contributed by atoms with Crippen LogP contribution in [0.2, 0.25) is 0 Å². The highest BCUT2D eigenvalue weighted by molar-refractivity contribution is 5.76.